The van der Waals surface area contributed by atoms with Gasteiger partial charge in [-0.25, -0.2) is 0 Å². The predicted octanol–water partition coefficient (Wildman–Crippen LogP) is 2.66. The van der Waals surface area contributed by atoms with Crippen molar-refractivity contribution in [3.8, 4) is 0 Å². The zero-order valence-corrected chi connectivity index (χ0v) is 12.9. The van der Waals surface area contributed by atoms with Crippen LogP contribution in [0.5, 0.6) is 0 Å². The van der Waals surface area contributed by atoms with E-state index in [1.807, 2.05) is 0 Å². The standard InChI is InChI=1S/C16H32N2O/c1-15(2)17-13-16(7-5-3-4-6-8-16)14-18-9-11-19-12-10-18/h15,17H,3-14H2,1-2H3. The molecule has 0 radical (unpaired) electrons. The number of nitrogens with one attached hydrogen (secondary N) is 1. The van der Waals surface area contributed by atoms with Gasteiger partial charge in [0.05, 0.1) is 13.2 Å². The Bertz CT molecular complexity index is 241. The van der Waals surface area contributed by atoms with E-state index >= 15 is 0 Å². The van der Waals surface area contributed by atoms with Gasteiger partial charge in [-0.1, -0.05) is 39.5 Å². The number of rotatable bonds is 5. The van der Waals surface area contributed by atoms with E-state index < -0.39 is 0 Å². The summed E-state index contributed by atoms with van der Waals surface area (Å²) in [5.74, 6) is 0. The van der Waals surface area contributed by atoms with Gasteiger partial charge in [0.25, 0.3) is 0 Å². The van der Waals surface area contributed by atoms with Gasteiger partial charge in [-0.05, 0) is 18.3 Å². The quantitative estimate of drug-likeness (QED) is 0.776. The largest absolute Gasteiger partial charge is 0.379 e. The zero-order valence-electron chi connectivity index (χ0n) is 12.9. The van der Waals surface area contributed by atoms with E-state index in [-0.39, 0.29) is 0 Å². The van der Waals surface area contributed by atoms with Crippen LogP contribution in [-0.2, 0) is 4.74 Å². The minimum absolute atomic E-state index is 0.512. The average molecular weight is 268 g/mol. The van der Waals surface area contributed by atoms with Crippen molar-refractivity contribution in [3.63, 3.8) is 0 Å². The first-order valence-electron chi connectivity index (χ1n) is 8.24. The Hall–Kier alpha value is -0.120. The maximum atomic E-state index is 5.49. The topological polar surface area (TPSA) is 24.5 Å². The molecule has 3 nitrogen and oxygen atoms in total. The minimum atomic E-state index is 0.512. The molecule has 0 aromatic carbocycles. The number of nitrogens with zero attached hydrogens (tertiary/aromatic N) is 1. The molecule has 112 valence electrons. The van der Waals surface area contributed by atoms with Crippen LogP contribution >= 0.6 is 0 Å². The predicted molar refractivity (Wildman–Crippen MR) is 80.5 cm³/mol. The molecule has 1 aliphatic carbocycles. The molecule has 1 saturated carbocycles. The molecule has 0 aromatic rings. The minimum Gasteiger partial charge on any atom is -0.379 e. The lowest BCUT2D eigenvalue weighted by atomic mass is 9.79. The molecule has 1 aliphatic heterocycles. The first kappa shape index (κ1) is 15.3. The monoisotopic (exact) mass is 268 g/mol. The molecule has 0 spiro atoms. The summed E-state index contributed by atoms with van der Waals surface area (Å²) in [6.07, 6.45) is 8.53. The van der Waals surface area contributed by atoms with Crippen LogP contribution in [0.1, 0.15) is 52.4 Å². The van der Waals surface area contributed by atoms with Crippen LogP contribution in [-0.4, -0.2) is 50.3 Å². The van der Waals surface area contributed by atoms with Crippen molar-refractivity contribution in [1.29, 1.82) is 0 Å². The van der Waals surface area contributed by atoms with Gasteiger partial charge in [0.1, 0.15) is 0 Å². The van der Waals surface area contributed by atoms with Crippen LogP contribution < -0.4 is 5.32 Å². The molecular weight excluding hydrogens is 236 g/mol. The summed E-state index contributed by atoms with van der Waals surface area (Å²) < 4.78 is 5.49. The molecule has 1 heterocycles. The highest BCUT2D eigenvalue weighted by Crippen LogP contribution is 2.35. The molecule has 2 rings (SSSR count). The van der Waals surface area contributed by atoms with Crippen molar-refractivity contribution in [2.75, 3.05) is 39.4 Å². The molecule has 0 amide bonds. The molecular formula is C16H32N2O. The highest BCUT2D eigenvalue weighted by Gasteiger charge is 2.33. The third kappa shape index (κ3) is 5.05. The Balaban J connectivity index is 1.94. The van der Waals surface area contributed by atoms with E-state index in [0.717, 1.165) is 26.3 Å². The average Bonchev–Trinajstić information content (AvgIpc) is 2.64. The second kappa shape index (κ2) is 7.61. The van der Waals surface area contributed by atoms with E-state index in [4.69, 9.17) is 4.74 Å². The SMILES string of the molecule is CC(C)NCC1(CN2CCOCC2)CCCCCC1. The third-order valence-corrected chi connectivity index (χ3v) is 4.71. The van der Waals surface area contributed by atoms with Gasteiger partial charge in [0.2, 0.25) is 0 Å². The van der Waals surface area contributed by atoms with Gasteiger partial charge in [0.15, 0.2) is 0 Å². The van der Waals surface area contributed by atoms with Gasteiger partial charge in [0, 0.05) is 32.2 Å². The molecule has 0 atom stereocenters. The Labute approximate surface area is 119 Å². The fourth-order valence-electron chi connectivity index (χ4n) is 3.52. The van der Waals surface area contributed by atoms with E-state index in [1.54, 1.807) is 0 Å². The van der Waals surface area contributed by atoms with Crippen molar-refractivity contribution < 1.29 is 4.74 Å². The van der Waals surface area contributed by atoms with Crippen LogP contribution in [0.2, 0.25) is 0 Å². The molecule has 19 heavy (non-hydrogen) atoms. The summed E-state index contributed by atoms with van der Waals surface area (Å²) in [5.41, 5.74) is 0.512. The van der Waals surface area contributed by atoms with Crippen LogP contribution in [0.15, 0.2) is 0 Å². The lowest BCUT2D eigenvalue weighted by molar-refractivity contribution is 0.0118. The number of hydrogen-bond acceptors (Lipinski definition) is 3. The van der Waals surface area contributed by atoms with Crippen LogP contribution in [0.4, 0.5) is 0 Å². The molecule has 1 N–H and O–H groups in total. The molecule has 2 fully saturated rings. The van der Waals surface area contributed by atoms with E-state index in [9.17, 15) is 0 Å². The van der Waals surface area contributed by atoms with Crippen molar-refractivity contribution in [1.82, 2.24) is 10.2 Å². The van der Waals surface area contributed by atoms with Gasteiger partial charge in [-0.3, -0.25) is 4.90 Å². The fourth-order valence-corrected chi connectivity index (χ4v) is 3.52. The highest BCUT2D eigenvalue weighted by molar-refractivity contribution is 4.88. The molecule has 1 saturated heterocycles. The Kier molecular flexibility index (Phi) is 6.11. The maximum absolute atomic E-state index is 5.49. The molecule has 3 heteroatoms. The normalized spacial score (nSPS) is 25.4. The van der Waals surface area contributed by atoms with Gasteiger partial charge in [-0.2, -0.15) is 0 Å². The first-order chi connectivity index (χ1) is 9.20. The Morgan fingerprint density at radius 3 is 2.26 bits per heavy atom. The van der Waals surface area contributed by atoms with Gasteiger partial charge >= 0.3 is 0 Å². The van der Waals surface area contributed by atoms with Crippen LogP contribution in [0.25, 0.3) is 0 Å². The summed E-state index contributed by atoms with van der Waals surface area (Å²) >= 11 is 0. The fraction of sp³-hybridized carbons (Fsp3) is 1.00. The second-order valence-corrected chi connectivity index (χ2v) is 6.84. The van der Waals surface area contributed by atoms with Crippen molar-refractivity contribution in [3.05, 3.63) is 0 Å². The van der Waals surface area contributed by atoms with E-state index in [0.29, 0.717) is 11.5 Å². The van der Waals surface area contributed by atoms with Crippen molar-refractivity contribution in [2.24, 2.45) is 5.41 Å². The molecule has 0 bridgehead atoms. The van der Waals surface area contributed by atoms with Gasteiger partial charge < -0.3 is 10.1 Å². The molecule has 2 aliphatic rings. The maximum Gasteiger partial charge on any atom is 0.0594 e. The summed E-state index contributed by atoms with van der Waals surface area (Å²) in [6, 6.07) is 0.602. The number of ether oxygens (including phenoxy) is 1. The summed E-state index contributed by atoms with van der Waals surface area (Å²) in [6.45, 7) is 11.1. The first-order valence-corrected chi connectivity index (χ1v) is 8.24. The summed E-state index contributed by atoms with van der Waals surface area (Å²) in [4.78, 5) is 2.64. The molecule has 0 unspecified atom stereocenters. The van der Waals surface area contributed by atoms with Crippen LogP contribution in [0.3, 0.4) is 0 Å². The number of hydrogen-bond donors (Lipinski definition) is 1. The summed E-state index contributed by atoms with van der Waals surface area (Å²) in [7, 11) is 0. The van der Waals surface area contributed by atoms with Gasteiger partial charge in [-0.15, -0.1) is 0 Å². The van der Waals surface area contributed by atoms with Crippen molar-refractivity contribution >= 4 is 0 Å². The number of morpholine rings is 1. The second-order valence-electron chi connectivity index (χ2n) is 6.84. The summed E-state index contributed by atoms with van der Waals surface area (Å²) in [5, 5.41) is 3.72. The third-order valence-electron chi connectivity index (χ3n) is 4.71. The Morgan fingerprint density at radius 2 is 1.68 bits per heavy atom. The lowest BCUT2D eigenvalue weighted by Crippen LogP contribution is -2.48. The molecule has 0 aromatic heterocycles. The van der Waals surface area contributed by atoms with Crippen LogP contribution in [0, 0.1) is 5.41 Å². The highest BCUT2D eigenvalue weighted by atomic mass is 16.5. The van der Waals surface area contributed by atoms with Crippen molar-refractivity contribution in [2.45, 2.75) is 58.4 Å². The zero-order chi connectivity index (χ0) is 13.6. The van der Waals surface area contributed by atoms with E-state index in [1.165, 1.54) is 51.6 Å². The van der Waals surface area contributed by atoms with E-state index in [2.05, 4.69) is 24.1 Å². The smallest absolute Gasteiger partial charge is 0.0594 e. The lowest BCUT2D eigenvalue weighted by Gasteiger charge is -2.40. The Morgan fingerprint density at radius 1 is 1.05 bits per heavy atom.